The Hall–Kier alpha value is -2.96. The van der Waals surface area contributed by atoms with Gasteiger partial charge in [-0.05, 0) is 49.8 Å². The van der Waals surface area contributed by atoms with Crippen LogP contribution >= 0.6 is 12.6 Å². The van der Waals surface area contributed by atoms with Gasteiger partial charge in [-0.3, -0.25) is 14.4 Å². The third-order valence-corrected chi connectivity index (χ3v) is 9.84. The number of thiol groups is 1. The Kier molecular flexibility index (Phi) is 13.7. The first kappa shape index (κ1) is 35.5. The number of aliphatic hydroxyl groups is 1. The molecule has 0 unspecified atom stereocenters. The number of amides is 3. The molecule has 12 heteroatoms. The molecule has 2 aromatic rings. The van der Waals surface area contributed by atoms with Crippen LogP contribution in [0.2, 0.25) is 0 Å². The Morgan fingerprint density at radius 3 is 2.43 bits per heavy atom. The average molecular weight is 650 g/mol. The second kappa shape index (κ2) is 16.9. The van der Waals surface area contributed by atoms with Crippen molar-refractivity contribution in [2.45, 2.75) is 82.8 Å². The highest BCUT2D eigenvalue weighted by Crippen LogP contribution is 2.31. The summed E-state index contributed by atoms with van der Waals surface area (Å²) < 4.78 is 43.1. The first-order valence-electron chi connectivity index (χ1n) is 15.3. The van der Waals surface area contributed by atoms with E-state index < -0.39 is 27.9 Å². The maximum absolute atomic E-state index is 15.5. The molecular weight excluding hydrogens is 605 g/mol. The minimum Gasteiger partial charge on any atom is -0.384 e. The number of hydrogen-bond donors (Lipinski definition) is 4. The fourth-order valence-electron chi connectivity index (χ4n) is 5.47. The highest BCUT2D eigenvalue weighted by atomic mass is 32.2. The van der Waals surface area contributed by atoms with Crippen LogP contribution in [-0.2, 0) is 31.0 Å². The van der Waals surface area contributed by atoms with Crippen molar-refractivity contribution in [2.24, 2.45) is 11.8 Å². The summed E-state index contributed by atoms with van der Waals surface area (Å²) in [6.07, 6.45) is 5.73. The SMILES string of the molecule is CCCCC(=O)N(CCNC(=O)[C@@H](CS)C1CCCCC1)Cc1ccc(-c2ccccc2S(=O)(=O)NC(=O)[C@H](C)O)cc1F. The molecule has 3 rings (SSSR count). The zero-order valence-electron chi connectivity index (χ0n) is 25.4. The Labute approximate surface area is 265 Å². The van der Waals surface area contributed by atoms with Gasteiger partial charge in [-0.15, -0.1) is 0 Å². The Bertz CT molecular complexity index is 1400. The summed E-state index contributed by atoms with van der Waals surface area (Å²) in [6, 6.07) is 10.1. The number of benzene rings is 2. The van der Waals surface area contributed by atoms with E-state index in [1.54, 1.807) is 12.1 Å². The molecule has 1 fully saturated rings. The molecule has 3 N–H and O–H groups in total. The topological polar surface area (TPSA) is 133 Å². The molecule has 242 valence electrons. The van der Waals surface area contributed by atoms with Gasteiger partial charge >= 0.3 is 0 Å². The van der Waals surface area contributed by atoms with Gasteiger partial charge in [-0.25, -0.2) is 17.5 Å². The van der Waals surface area contributed by atoms with E-state index >= 15 is 4.39 Å². The second-order valence-electron chi connectivity index (χ2n) is 11.3. The van der Waals surface area contributed by atoms with Crippen LogP contribution in [0.15, 0.2) is 47.4 Å². The molecule has 0 spiro atoms. The third kappa shape index (κ3) is 9.77. The normalized spacial score (nSPS) is 15.3. The zero-order valence-corrected chi connectivity index (χ0v) is 27.1. The van der Waals surface area contributed by atoms with Gasteiger partial charge in [0.25, 0.3) is 15.9 Å². The van der Waals surface area contributed by atoms with E-state index in [4.69, 9.17) is 0 Å². The molecule has 1 aliphatic rings. The van der Waals surface area contributed by atoms with E-state index in [2.05, 4.69) is 17.9 Å². The molecule has 0 heterocycles. The highest BCUT2D eigenvalue weighted by molar-refractivity contribution is 7.90. The van der Waals surface area contributed by atoms with E-state index in [1.165, 1.54) is 41.7 Å². The number of aliphatic hydroxyl groups excluding tert-OH is 1. The maximum atomic E-state index is 15.5. The third-order valence-electron chi connectivity index (χ3n) is 8.05. The Balaban J connectivity index is 1.76. The van der Waals surface area contributed by atoms with E-state index in [0.29, 0.717) is 24.5 Å². The van der Waals surface area contributed by atoms with Gasteiger partial charge in [0, 0.05) is 48.9 Å². The summed E-state index contributed by atoms with van der Waals surface area (Å²) in [5.41, 5.74) is 0.663. The lowest BCUT2D eigenvalue weighted by Crippen LogP contribution is -2.42. The van der Waals surface area contributed by atoms with Crippen LogP contribution < -0.4 is 10.0 Å². The molecule has 0 radical (unpaired) electrons. The van der Waals surface area contributed by atoms with Crippen LogP contribution in [0.1, 0.15) is 70.8 Å². The van der Waals surface area contributed by atoms with Crippen molar-refractivity contribution in [3.05, 3.63) is 53.8 Å². The molecule has 44 heavy (non-hydrogen) atoms. The smallest absolute Gasteiger partial charge is 0.264 e. The number of nitrogens with one attached hydrogen (secondary N) is 2. The van der Waals surface area contributed by atoms with E-state index in [1.807, 2.05) is 11.6 Å². The molecule has 1 saturated carbocycles. The number of carbonyl (C=O) groups excluding carboxylic acids is 3. The molecule has 1 aliphatic carbocycles. The van der Waals surface area contributed by atoms with Crippen molar-refractivity contribution in [2.75, 3.05) is 18.8 Å². The van der Waals surface area contributed by atoms with Crippen molar-refractivity contribution in [3.8, 4) is 11.1 Å². The van der Waals surface area contributed by atoms with E-state index in [-0.39, 0.29) is 59.0 Å². The van der Waals surface area contributed by atoms with Crippen molar-refractivity contribution < 1.29 is 32.3 Å². The van der Waals surface area contributed by atoms with Gasteiger partial charge < -0.3 is 15.3 Å². The molecule has 0 saturated heterocycles. The largest absolute Gasteiger partial charge is 0.384 e. The average Bonchev–Trinajstić information content (AvgIpc) is 3.00. The standard InChI is InChI=1S/C32H44FN3O6S2/c1-3-4-14-30(38)36(18-17-34-32(40)27(21-43)23-10-6-5-7-11-23)20-25-16-15-24(19-28(25)33)26-12-8-9-13-29(26)44(41,42)35-31(39)22(2)37/h8-9,12-13,15-16,19,22-23,27,37,43H,3-7,10-11,14,17-18,20-21H2,1-2H3,(H,34,40)(H,35,39)/t22-,27-/m0/s1. The molecule has 2 aromatic carbocycles. The lowest BCUT2D eigenvalue weighted by atomic mass is 9.80. The number of hydrogen-bond acceptors (Lipinski definition) is 7. The summed E-state index contributed by atoms with van der Waals surface area (Å²) in [7, 11) is -4.35. The Morgan fingerprint density at radius 2 is 1.80 bits per heavy atom. The second-order valence-corrected chi connectivity index (χ2v) is 13.4. The summed E-state index contributed by atoms with van der Waals surface area (Å²) in [5, 5.41) is 12.4. The van der Waals surface area contributed by atoms with Crippen molar-refractivity contribution in [1.82, 2.24) is 14.9 Å². The van der Waals surface area contributed by atoms with Gasteiger partial charge in [-0.1, -0.05) is 62.9 Å². The number of rotatable bonds is 15. The van der Waals surface area contributed by atoms with Crippen LogP contribution in [0.5, 0.6) is 0 Å². The quantitative estimate of drug-likeness (QED) is 0.211. The summed E-state index contributed by atoms with van der Waals surface area (Å²) >= 11 is 4.43. The van der Waals surface area contributed by atoms with Crippen molar-refractivity contribution >= 4 is 40.4 Å². The van der Waals surface area contributed by atoms with Gasteiger partial charge in [0.15, 0.2) is 0 Å². The molecule has 3 amide bonds. The predicted octanol–water partition coefficient (Wildman–Crippen LogP) is 4.44. The first-order valence-corrected chi connectivity index (χ1v) is 17.4. The van der Waals surface area contributed by atoms with Gasteiger partial charge in [-0.2, -0.15) is 12.6 Å². The number of nitrogens with zero attached hydrogens (tertiary/aromatic N) is 1. The number of carbonyl (C=O) groups is 3. The minimum absolute atomic E-state index is 0.0203. The van der Waals surface area contributed by atoms with Crippen molar-refractivity contribution in [3.63, 3.8) is 0 Å². The van der Waals surface area contributed by atoms with Crippen LogP contribution in [0, 0.1) is 17.7 Å². The van der Waals surface area contributed by atoms with Crippen molar-refractivity contribution in [1.29, 1.82) is 0 Å². The van der Waals surface area contributed by atoms with E-state index in [9.17, 15) is 27.9 Å². The fraction of sp³-hybridized carbons (Fsp3) is 0.531. The lowest BCUT2D eigenvalue weighted by molar-refractivity contribution is -0.133. The summed E-state index contributed by atoms with van der Waals surface area (Å²) in [6.45, 7) is 3.55. The van der Waals surface area contributed by atoms with Gasteiger partial charge in [0.2, 0.25) is 11.8 Å². The maximum Gasteiger partial charge on any atom is 0.264 e. The molecule has 0 bridgehead atoms. The van der Waals surface area contributed by atoms with Crippen LogP contribution in [-0.4, -0.2) is 61.1 Å². The monoisotopic (exact) mass is 649 g/mol. The van der Waals surface area contributed by atoms with Gasteiger partial charge in [0.1, 0.15) is 11.9 Å². The summed E-state index contributed by atoms with van der Waals surface area (Å²) in [4.78, 5) is 39.2. The number of unbranched alkanes of at least 4 members (excludes halogenated alkanes) is 1. The first-order chi connectivity index (χ1) is 21.0. The predicted molar refractivity (Wildman–Crippen MR) is 171 cm³/mol. The Morgan fingerprint density at radius 1 is 1.09 bits per heavy atom. The van der Waals surface area contributed by atoms with Crippen LogP contribution in [0.4, 0.5) is 4.39 Å². The molecule has 2 atom stereocenters. The zero-order chi connectivity index (χ0) is 32.3. The molecule has 9 nitrogen and oxygen atoms in total. The van der Waals surface area contributed by atoms with Crippen LogP contribution in [0.25, 0.3) is 11.1 Å². The van der Waals surface area contributed by atoms with Gasteiger partial charge in [0.05, 0.1) is 4.90 Å². The molecule has 0 aliphatic heterocycles. The molecular formula is C32H44FN3O6S2. The number of sulfonamides is 1. The van der Waals surface area contributed by atoms with Crippen LogP contribution in [0.3, 0.4) is 0 Å². The molecule has 0 aromatic heterocycles. The minimum atomic E-state index is -4.35. The summed E-state index contributed by atoms with van der Waals surface area (Å²) in [5.74, 6) is -1.34. The fourth-order valence-corrected chi connectivity index (χ4v) is 7.21. The number of halogens is 1. The lowest BCUT2D eigenvalue weighted by Gasteiger charge is -2.29. The highest BCUT2D eigenvalue weighted by Gasteiger charge is 2.29. The van der Waals surface area contributed by atoms with E-state index in [0.717, 1.165) is 39.0 Å².